The summed E-state index contributed by atoms with van der Waals surface area (Å²) in [6.45, 7) is 1.68. The van der Waals surface area contributed by atoms with Crippen molar-refractivity contribution in [3.8, 4) is 0 Å². The lowest BCUT2D eigenvalue weighted by molar-refractivity contribution is -0.136. The fourth-order valence-electron chi connectivity index (χ4n) is 3.22. The molecule has 2 heterocycles. The molecule has 0 saturated carbocycles. The van der Waals surface area contributed by atoms with E-state index < -0.39 is 11.8 Å². The van der Waals surface area contributed by atoms with Gasteiger partial charge in [-0.2, -0.15) is 0 Å². The number of hydrogen-bond acceptors (Lipinski definition) is 5. The summed E-state index contributed by atoms with van der Waals surface area (Å²) in [7, 11) is 0. The molecule has 1 aliphatic rings. The zero-order valence-corrected chi connectivity index (χ0v) is 17.1. The quantitative estimate of drug-likeness (QED) is 0.581. The maximum Gasteiger partial charge on any atom is 0.313 e. The van der Waals surface area contributed by atoms with E-state index in [1.807, 2.05) is 24.5 Å². The molecule has 1 fully saturated rings. The van der Waals surface area contributed by atoms with E-state index in [2.05, 4.69) is 15.6 Å². The Morgan fingerprint density at radius 1 is 1.14 bits per heavy atom. The second-order valence-corrected chi connectivity index (χ2v) is 7.75. The fourth-order valence-corrected chi connectivity index (χ4v) is 3.68. The number of aromatic nitrogens is 1. The minimum Gasteiger partial charge on any atom is -0.348 e. The number of pyridine rings is 1. The van der Waals surface area contributed by atoms with E-state index in [9.17, 15) is 14.4 Å². The van der Waals surface area contributed by atoms with Crippen LogP contribution in [-0.4, -0.2) is 53.5 Å². The van der Waals surface area contributed by atoms with Crippen molar-refractivity contribution in [2.45, 2.75) is 17.7 Å². The summed E-state index contributed by atoms with van der Waals surface area (Å²) in [6.07, 6.45) is 6.72. The van der Waals surface area contributed by atoms with Crippen LogP contribution in [0.15, 0.2) is 53.7 Å². The van der Waals surface area contributed by atoms with Crippen molar-refractivity contribution in [3.05, 3.63) is 54.4 Å². The molecule has 0 bridgehead atoms. The highest BCUT2D eigenvalue weighted by Gasteiger charge is 2.24. The second kappa shape index (κ2) is 10.1. The van der Waals surface area contributed by atoms with Crippen LogP contribution < -0.4 is 10.6 Å². The number of benzene rings is 1. The molecule has 29 heavy (non-hydrogen) atoms. The molecular weight excluding hydrogens is 388 g/mol. The average Bonchev–Trinajstić information content (AvgIpc) is 2.78. The number of carbonyl (C=O) groups is 3. The Bertz CT molecular complexity index is 867. The Kier molecular flexibility index (Phi) is 7.24. The molecule has 3 amide bonds. The fraction of sp³-hybridized carbons (Fsp3) is 0.333. The van der Waals surface area contributed by atoms with Crippen molar-refractivity contribution in [2.75, 3.05) is 31.2 Å². The van der Waals surface area contributed by atoms with Gasteiger partial charge in [0.1, 0.15) is 0 Å². The topological polar surface area (TPSA) is 91.4 Å². The largest absolute Gasteiger partial charge is 0.348 e. The summed E-state index contributed by atoms with van der Waals surface area (Å²) in [5.74, 6) is -1.10. The SMILES string of the molecule is CSc1cccc(NC(=O)C(=O)NCC2CCN(C(=O)c3cccnc3)CC2)c1. The first-order valence-electron chi connectivity index (χ1n) is 9.49. The van der Waals surface area contributed by atoms with Crippen LogP contribution in [0, 0.1) is 5.92 Å². The second-order valence-electron chi connectivity index (χ2n) is 6.87. The van der Waals surface area contributed by atoms with Crippen LogP contribution in [0.1, 0.15) is 23.2 Å². The van der Waals surface area contributed by atoms with Crippen LogP contribution in [0.3, 0.4) is 0 Å². The van der Waals surface area contributed by atoms with E-state index in [0.29, 0.717) is 30.9 Å². The van der Waals surface area contributed by atoms with Crippen LogP contribution in [0.25, 0.3) is 0 Å². The van der Waals surface area contributed by atoms with E-state index in [-0.39, 0.29) is 11.8 Å². The summed E-state index contributed by atoms with van der Waals surface area (Å²) in [5.41, 5.74) is 1.18. The van der Waals surface area contributed by atoms with Crippen molar-refractivity contribution >= 4 is 35.2 Å². The summed E-state index contributed by atoms with van der Waals surface area (Å²) in [4.78, 5) is 43.4. The highest BCUT2D eigenvalue weighted by atomic mass is 32.2. The molecule has 2 N–H and O–H groups in total. The molecule has 1 saturated heterocycles. The molecule has 7 nitrogen and oxygen atoms in total. The van der Waals surface area contributed by atoms with Gasteiger partial charge >= 0.3 is 11.8 Å². The van der Waals surface area contributed by atoms with Gasteiger partial charge in [-0.05, 0) is 55.3 Å². The molecule has 0 spiro atoms. The average molecular weight is 413 g/mol. The van der Waals surface area contributed by atoms with E-state index in [1.54, 1.807) is 47.3 Å². The predicted molar refractivity (Wildman–Crippen MR) is 113 cm³/mol. The summed E-state index contributed by atoms with van der Waals surface area (Å²) in [6, 6.07) is 10.9. The van der Waals surface area contributed by atoms with Gasteiger partial charge in [-0.1, -0.05) is 6.07 Å². The summed E-state index contributed by atoms with van der Waals surface area (Å²) < 4.78 is 0. The lowest BCUT2D eigenvalue weighted by atomic mass is 9.96. The Hall–Kier alpha value is -2.87. The molecule has 0 radical (unpaired) electrons. The Morgan fingerprint density at radius 3 is 2.62 bits per heavy atom. The molecule has 3 rings (SSSR count). The Labute approximate surface area is 174 Å². The maximum atomic E-state index is 12.4. The van der Waals surface area contributed by atoms with Gasteiger partial charge in [-0.15, -0.1) is 11.8 Å². The monoisotopic (exact) mass is 412 g/mol. The van der Waals surface area contributed by atoms with Crippen molar-refractivity contribution in [2.24, 2.45) is 5.92 Å². The molecule has 1 aromatic carbocycles. The minimum atomic E-state index is -0.674. The number of nitrogens with one attached hydrogen (secondary N) is 2. The van der Waals surface area contributed by atoms with Crippen LogP contribution in [0.4, 0.5) is 5.69 Å². The smallest absolute Gasteiger partial charge is 0.313 e. The first-order valence-corrected chi connectivity index (χ1v) is 10.7. The Balaban J connectivity index is 1.42. The van der Waals surface area contributed by atoms with Crippen LogP contribution in [0.2, 0.25) is 0 Å². The standard InChI is InChI=1S/C21H24N4O3S/c1-29-18-6-2-5-17(12-18)24-20(27)19(26)23-13-15-7-10-25(11-8-15)21(28)16-4-3-9-22-14-16/h2-6,9,12,14-15H,7-8,10-11,13H2,1H3,(H,23,26)(H,24,27). The predicted octanol–water partition coefficient (Wildman–Crippen LogP) is 2.41. The third kappa shape index (κ3) is 5.80. The lowest BCUT2D eigenvalue weighted by Crippen LogP contribution is -2.43. The van der Waals surface area contributed by atoms with Crippen molar-refractivity contribution in [3.63, 3.8) is 0 Å². The number of carbonyl (C=O) groups excluding carboxylic acids is 3. The number of likely N-dealkylation sites (tertiary alicyclic amines) is 1. The third-order valence-electron chi connectivity index (χ3n) is 4.90. The van der Waals surface area contributed by atoms with Crippen molar-refractivity contribution in [1.29, 1.82) is 0 Å². The van der Waals surface area contributed by atoms with Gasteiger partial charge in [0.25, 0.3) is 5.91 Å². The van der Waals surface area contributed by atoms with Crippen LogP contribution in [0.5, 0.6) is 0 Å². The van der Waals surface area contributed by atoms with Crippen molar-refractivity contribution < 1.29 is 14.4 Å². The molecule has 2 aromatic rings. The van der Waals surface area contributed by atoms with Gasteiger partial charge in [-0.25, -0.2) is 0 Å². The highest BCUT2D eigenvalue weighted by molar-refractivity contribution is 7.98. The molecular formula is C21H24N4O3S. The van der Waals surface area contributed by atoms with Gasteiger partial charge in [-0.3, -0.25) is 19.4 Å². The van der Waals surface area contributed by atoms with Gasteiger partial charge in [0, 0.05) is 42.6 Å². The molecule has 1 aliphatic heterocycles. The number of thioether (sulfide) groups is 1. The molecule has 152 valence electrons. The third-order valence-corrected chi connectivity index (χ3v) is 5.62. The first kappa shape index (κ1) is 20.9. The van der Waals surface area contributed by atoms with E-state index >= 15 is 0 Å². The summed E-state index contributed by atoms with van der Waals surface area (Å²) in [5, 5.41) is 5.33. The van der Waals surface area contributed by atoms with Gasteiger partial charge in [0.15, 0.2) is 0 Å². The number of amides is 3. The number of anilines is 1. The molecule has 0 atom stereocenters. The van der Waals surface area contributed by atoms with Gasteiger partial charge in [0.05, 0.1) is 5.56 Å². The number of rotatable bonds is 5. The molecule has 0 aliphatic carbocycles. The maximum absolute atomic E-state index is 12.4. The molecule has 8 heteroatoms. The van der Waals surface area contributed by atoms with Gasteiger partial charge in [0.2, 0.25) is 0 Å². The lowest BCUT2D eigenvalue weighted by Gasteiger charge is -2.32. The first-order chi connectivity index (χ1) is 14.1. The zero-order valence-electron chi connectivity index (χ0n) is 16.3. The van der Waals surface area contributed by atoms with E-state index in [0.717, 1.165) is 17.7 Å². The van der Waals surface area contributed by atoms with Crippen molar-refractivity contribution in [1.82, 2.24) is 15.2 Å². The summed E-state index contributed by atoms with van der Waals surface area (Å²) >= 11 is 1.56. The number of piperidine rings is 1. The van der Waals surface area contributed by atoms with E-state index in [1.165, 1.54) is 0 Å². The van der Waals surface area contributed by atoms with E-state index in [4.69, 9.17) is 0 Å². The van der Waals surface area contributed by atoms with Crippen LogP contribution in [-0.2, 0) is 9.59 Å². The number of hydrogen-bond donors (Lipinski definition) is 2. The number of nitrogens with zero attached hydrogens (tertiary/aromatic N) is 2. The normalized spacial score (nSPS) is 14.3. The zero-order chi connectivity index (χ0) is 20.6. The molecule has 0 unspecified atom stereocenters. The highest BCUT2D eigenvalue weighted by Crippen LogP contribution is 2.20. The van der Waals surface area contributed by atoms with Crippen LogP contribution >= 0.6 is 11.8 Å². The molecule has 1 aromatic heterocycles. The van der Waals surface area contributed by atoms with Gasteiger partial charge < -0.3 is 15.5 Å². The Morgan fingerprint density at radius 2 is 1.93 bits per heavy atom. The minimum absolute atomic E-state index is 0.0209.